The van der Waals surface area contributed by atoms with E-state index in [1.807, 2.05) is 0 Å². The Morgan fingerprint density at radius 1 is 0.875 bits per heavy atom. The molecule has 0 fully saturated rings. The first-order valence-corrected chi connectivity index (χ1v) is 12.7. The molecule has 1 aromatic rings. The number of hydrogen-bond donors (Lipinski definition) is 9. The summed E-state index contributed by atoms with van der Waals surface area (Å²) < 4.78 is 0. The number of primary amides is 1. The van der Waals surface area contributed by atoms with Gasteiger partial charge in [0.15, 0.2) is 5.96 Å². The fraction of sp³-hybridized carbons (Fsp3) is 0.520. The van der Waals surface area contributed by atoms with Crippen LogP contribution in [0.4, 0.5) is 0 Å². The van der Waals surface area contributed by atoms with Crippen molar-refractivity contribution in [2.45, 2.75) is 70.1 Å². The van der Waals surface area contributed by atoms with E-state index in [2.05, 4.69) is 20.9 Å². The Balaban J connectivity index is 3.05. The minimum absolute atomic E-state index is 0.00136. The van der Waals surface area contributed by atoms with Crippen molar-refractivity contribution in [2.75, 3.05) is 6.54 Å². The number of phenolic OH excluding ortho intramolecular Hbond substituents is 1. The fourth-order valence-electron chi connectivity index (χ4n) is 3.60. The number of hydrogen-bond acceptors (Lipinski definition) is 8. The highest BCUT2D eigenvalue weighted by Gasteiger charge is 2.32. The summed E-state index contributed by atoms with van der Waals surface area (Å²) >= 11 is 0. The number of aliphatic imine (C=N–C) groups is 1. The van der Waals surface area contributed by atoms with Crippen molar-refractivity contribution >= 4 is 35.6 Å². The van der Waals surface area contributed by atoms with Crippen LogP contribution in [0.1, 0.15) is 45.1 Å². The number of phenols is 1. The van der Waals surface area contributed by atoms with Gasteiger partial charge in [-0.15, -0.1) is 0 Å². The number of nitrogens with zero attached hydrogens (tertiary/aromatic N) is 1. The van der Waals surface area contributed by atoms with Gasteiger partial charge in [0.1, 0.15) is 23.9 Å². The zero-order valence-corrected chi connectivity index (χ0v) is 22.6. The number of benzene rings is 1. The summed E-state index contributed by atoms with van der Waals surface area (Å²) in [6, 6.07) is 1.26. The van der Waals surface area contributed by atoms with Gasteiger partial charge in [-0.2, -0.15) is 0 Å². The average Bonchev–Trinajstić information content (AvgIpc) is 2.87. The zero-order valence-electron chi connectivity index (χ0n) is 22.6. The molecular formula is C25H40N8O7. The third-order valence-corrected chi connectivity index (χ3v) is 5.85. The number of aliphatic carboxylic acids is 1. The number of carboxylic acids is 1. The molecule has 4 unspecified atom stereocenters. The summed E-state index contributed by atoms with van der Waals surface area (Å²) in [5, 5.41) is 26.5. The van der Waals surface area contributed by atoms with Crippen molar-refractivity contribution in [1.82, 2.24) is 16.0 Å². The second-order valence-electron chi connectivity index (χ2n) is 9.62. The Hall–Kier alpha value is -4.40. The average molecular weight is 565 g/mol. The van der Waals surface area contributed by atoms with E-state index in [0.717, 1.165) is 0 Å². The molecule has 13 N–H and O–H groups in total. The van der Waals surface area contributed by atoms with E-state index in [0.29, 0.717) is 12.0 Å². The van der Waals surface area contributed by atoms with Crippen LogP contribution < -0.4 is 38.9 Å². The number of carbonyl (C=O) groups excluding carboxylic acids is 4. The predicted molar refractivity (Wildman–Crippen MR) is 146 cm³/mol. The van der Waals surface area contributed by atoms with Gasteiger partial charge in [-0.25, -0.2) is 4.79 Å². The first-order chi connectivity index (χ1) is 18.7. The van der Waals surface area contributed by atoms with Gasteiger partial charge >= 0.3 is 5.97 Å². The van der Waals surface area contributed by atoms with Crippen LogP contribution in [0.15, 0.2) is 29.3 Å². The lowest BCUT2D eigenvalue weighted by Crippen LogP contribution is -2.59. The highest BCUT2D eigenvalue weighted by Crippen LogP contribution is 2.13. The van der Waals surface area contributed by atoms with Crippen LogP contribution in [0.5, 0.6) is 5.75 Å². The highest BCUT2D eigenvalue weighted by atomic mass is 16.4. The number of nitrogens with one attached hydrogen (secondary N) is 3. The lowest BCUT2D eigenvalue weighted by atomic mass is 10.00. The second-order valence-corrected chi connectivity index (χ2v) is 9.62. The van der Waals surface area contributed by atoms with Crippen molar-refractivity contribution in [2.24, 2.45) is 33.8 Å². The molecule has 1 aromatic carbocycles. The van der Waals surface area contributed by atoms with Gasteiger partial charge in [-0.05, 0) is 42.9 Å². The molecule has 40 heavy (non-hydrogen) atoms. The largest absolute Gasteiger partial charge is 0.508 e. The molecular weight excluding hydrogens is 524 g/mol. The van der Waals surface area contributed by atoms with E-state index >= 15 is 0 Å². The molecule has 0 aliphatic rings. The number of carboxylic acid groups (broad SMARTS) is 1. The molecule has 4 amide bonds. The zero-order chi connectivity index (χ0) is 30.4. The summed E-state index contributed by atoms with van der Waals surface area (Å²) in [7, 11) is 0. The lowest BCUT2D eigenvalue weighted by Gasteiger charge is -2.27. The van der Waals surface area contributed by atoms with Crippen molar-refractivity contribution in [3.05, 3.63) is 29.8 Å². The van der Waals surface area contributed by atoms with Crippen molar-refractivity contribution in [3.8, 4) is 5.75 Å². The number of amides is 4. The molecule has 222 valence electrons. The molecule has 1 rings (SSSR count). The monoisotopic (exact) mass is 564 g/mol. The molecule has 4 atom stereocenters. The Labute approximate surface area is 232 Å². The SMILES string of the molecule is CC(C)C(NC(=O)C(Cc1ccc(O)cc1)NC(=O)C(N)CCCN=C(N)N)C(=O)NC(CCC(N)=O)C(=O)O. The van der Waals surface area contributed by atoms with Crippen LogP contribution in [0.2, 0.25) is 0 Å². The molecule has 0 heterocycles. The summed E-state index contributed by atoms with van der Waals surface area (Å²) in [4.78, 5) is 65.6. The number of rotatable bonds is 17. The van der Waals surface area contributed by atoms with Gasteiger partial charge in [0.2, 0.25) is 23.6 Å². The quantitative estimate of drug-likeness (QED) is 0.0558. The maximum absolute atomic E-state index is 13.3. The van der Waals surface area contributed by atoms with Gasteiger partial charge in [0.05, 0.1) is 6.04 Å². The standard InChI is InChI=1S/C25H40N8O7/c1-13(2)20(23(38)31-17(24(39)40)9-10-19(27)35)33-22(37)18(12-14-5-7-15(34)8-6-14)32-21(36)16(26)4-3-11-30-25(28)29/h5-8,13,16-18,20,34H,3-4,9-12,26H2,1-2H3,(H2,27,35)(H,31,38)(H,32,36)(H,33,37)(H,39,40)(H4,28,29,30). The topological polar surface area (TPSA) is 278 Å². The van der Waals surface area contributed by atoms with Crippen LogP contribution in [0.25, 0.3) is 0 Å². The number of nitrogens with two attached hydrogens (primary N) is 4. The molecule has 15 nitrogen and oxygen atoms in total. The Kier molecular flexibility index (Phi) is 13.9. The second kappa shape index (κ2) is 16.5. The number of carbonyl (C=O) groups is 5. The Morgan fingerprint density at radius 3 is 2.00 bits per heavy atom. The van der Waals surface area contributed by atoms with Crippen LogP contribution >= 0.6 is 0 Å². The van der Waals surface area contributed by atoms with Gasteiger partial charge in [0.25, 0.3) is 0 Å². The van der Waals surface area contributed by atoms with E-state index in [-0.39, 0.29) is 43.9 Å². The van der Waals surface area contributed by atoms with E-state index < -0.39 is 59.7 Å². The smallest absolute Gasteiger partial charge is 0.326 e. The van der Waals surface area contributed by atoms with Gasteiger partial charge < -0.3 is 49.1 Å². The van der Waals surface area contributed by atoms with Crippen molar-refractivity contribution in [1.29, 1.82) is 0 Å². The van der Waals surface area contributed by atoms with E-state index in [1.54, 1.807) is 26.0 Å². The molecule has 0 aliphatic heterocycles. The minimum atomic E-state index is -1.40. The molecule has 0 radical (unpaired) electrons. The highest BCUT2D eigenvalue weighted by molar-refractivity contribution is 5.94. The minimum Gasteiger partial charge on any atom is -0.508 e. The van der Waals surface area contributed by atoms with Crippen molar-refractivity contribution < 1.29 is 34.2 Å². The van der Waals surface area contributed by atoms with E-state index in [9.17, 15) is 34.2 Å². The summed E-state index contributed by atoms with van der Waals surface area (Å²) in [5.74, 6) is -4.76. The van der Waals surface area contributed by atoms with Crippen LogP contribution in [0, 0.1) is 5.92 Å². The molecule has 0 aromatic heterocycles. The van der Waals surface area contributed by atoms with Gasteiger partial charge in [0, 0.05) is 19.4 Å². The van der Waals surface area contributed by atoms with E-state index in [1.165, 1.54) is 12.1 Å². The first-order valence-electron chi connectivity index (χ1n) is 12.7. The third kappa shape index (κ3) is 12.4. The molecule has 0 saturated carbocycles. The van der Waals surface area contributed by atoms with Gasteiger partial charge in [-0.1, -0.05) is 26.0 Å². The maximum atomic E-state index is 13.3. The van der Waals surface area contributed by atoms with Crippen LogP contribution in [-0.2, 0) is 30.4 Å². The maximum Gasteiger partial charge on any atom is 0.326 e. The summed E-state index contributed by atoms with van der Waals surface area (Å²) in [6.07, 6.45) is 0.159. The molecule has 0 spiro atoms. The van der Waals surface area contributed by atoms with Crippen LogP contribution in [0.3, 0.4) is 0 Å². The Morgan fingerprint density at radius 2 is 1.48 bits per heavy atom. The predicted octanol–water partition coefficient (Wildman–Crippen LogP) is -2.22. The van der Waals surface area contributed by atoms with Crippen molar-refractivity contribution in [3.63, 3.8) is 0 Å². The summed E-state index contributed by atoms with van der Waals surface area (Å²) in [6.45, 7) is 3.55. The third-order valence-electron chi connectivity index (χ3n) is 5.85. The van der Waals surface area contributed by atoms with E-state index in [4.69, 9.17) is 22.9 Å². The molecule has 0 saturated heterocycles. The number of guanidine groups is 1. The molecule has 0 bridgehead atoms. The Bertz CT molecular complexity index is 1060. The van der Waals surface area contributed by atoms with Crippen LogP contribution in [-0.4, -0.2) is 76.5 Å². The lowest BCUT2D eigenvalue weighted by molar-refractivity contribution is -0.143. The molecule has 15 heteroatoms. The number of aromatic hydroxyl groups is 1. The summed E-state index contributed by atoms with van der Waals surface area (Å²) in [5.41, 5.74) is 22.2. The molecule has 0 aliphatic carbocycles. The normalized spacial score (nSPS) is 13.8. The van der Waals surface area contributed by atoms with Gasteiger partial charge in [-0.3, -0.25) is 24.2 Å². The first kappa shape index (κ1) is 33.6. The fourth-order valence-corrected chi connectivity index (χ4v) is 3.60.